The zero-order chi connectivity index (χ0) is 11.5. The number of rotatable bonds is 5. The van der Waals surface area contributed by atoms with Crippen LogP contribution in [0, 0.1) is 11.8 Å². The van der Waals surface area contributed by atoms with Crippen LogP contribution < -0.4 is 0 Å². The Kier molecular flexibility index (Phi) is 10.5. The molecule has 0 heterocycles. The van der Waals surface area contributed by atoms with Crippen LogP contribution in [0.3, 0.4) is 0 Å². The van der Waals surface area contributed by atoms with Crippen molar-refractivity contribution in [2.75, 3.05) is 0 Å². The summed E-state index contributed by atoms with van der Waals surface area (Å²) >= 11 is 0. The zero-order valence-electron chi connectivity index (χ0n) is 11.5. The second kappa shape index (κ2) is 10.5. The van der Waals surface area contributed by atoms with Crippen LogP contribution in [0.4, 0.5) is 0 Å². The fraction of sp³-hybridized carbons (Fsp3) is 1.00. The van der Waals surface area contributed by atoms with Crippen LogP contribution in [0.25, 0.3) is 0 Å². The molecule has 1 fully saturated rings. The van der Waals surface area contributed by atoms with Crippen LogP contribution in [0.5, 0.6) is 0 Å². The van der Waals surface area contributed by atoms with Crippen molar-refractivity contribution < 1.29 is 0 Å². The maximum absolute atomic E-state index is 2.41. The first-order valence-corrected chi connectivity index (χ1v) is 7.33. The first kappa shape index (κ1) is 15.0. The van der Waals surface area contributed by atoms with Gasteiger partial charge in [0.15, 0.2) is 0 Å². The molecular formula is C15H32. The summed E-state index contributed by atoms with van der Waals surface area (Å²) in [5.74, 6) is 2.11. The Hall–Kier alpha value is 0. The standard InChI is InChI=1S/C13H26.C2H6/c1-3-4-5-6-7-13-10-8-12(2)9-11-13;1-2/h12-13H,3-11H2,1-2H3;1-2H3. The van der Waals surface area contributed by atoms with Gasteiger partial charge in [0.25, 0.3) is 0 Å². The van der Waals surface area contributed by atoms with Crippen LogP contribution in [0.15, 0.2) is 0 Å². The van der Waals surface area contributed by atoms with Crippen LogP contribution >= 0.6 is 0 Å². The van der Waals surface area contributed by atoms with E-state index in [4.69, 9.17) is 0 Å². The third-order valence-electron chi connectivity index (χ3n) is 3.60. The second-order valence-electron chi connectivity index (χ2n) is 4.98. The van der Waals surface area contributed by atoms with Gasteiger partial charge in [-0.2, -0.15) is 0 Å². The van der Waals surface area contributed by atoms with Crippen LogP contribution in [0.1, 0.15) is 85.5 Å². The molecule has 0 saturated heterocycles. The number of hydrogen-bond donors (Lipinski definition) is 0. The van der Waals surface area contributed by atoms with Gasteiger partial charge in [-0.15, -0.1) is 0 Å². The predicted octanol–water partition coefficient (Wildman–Crippen LogP) is 5.81. The number of unbranched alkanes of at least 4 members (excludes halogenated alkanes) is 3. The normalized spacial score (nSPS) is 25.6. The molecule has 0 aromatic rings. The Bertz CT molecular complexity index is 109. The molecule has 0 heteroatoms. The van der Waals surface area contributed by atoms with Crippen LogP contribution in [0.2, 0.25) is 0 Å². The lowest BCUT2D eigenvalue weighted by Gasteiger charge is -2.25. The lowest BCUT2D eigenvalue weighted by atomic mass is 9.80. The monoisotopic (exact) mass is 212 g/mol. The van der Waals surface area contributed by atoms with Crippen LogP contribution in [-0.4, -0.2) is 0 Å². The SMILES string of the molecule is CC.CCCCCCC1CCC(C)CC1. The minimum atomic E-state index is 1.02. The summed E-state index contributed by atoms with van der Waals surface area (Å²) in [7, 11) is 0. The van der Waals surface area contributed by atoms with E-state index in [0.717, 1.165) is 11.8 Å². The predicted molar refractivity (Wildman–Crippen MR) is 71.2 cm³/mol. The molecular weight excluding hydrogens is 180 g/mol. The smallest absolute Gasteiger partial charge is 0.0414 e. The lowest BCUT2D eigenvalue weighted by molar-refractivity contribution is 0.271. The Morgan fingerprint density at radius 3 is 2.00 bits per heavy atom. The van der Waals surface area contributed by atoms with Crippen molar-refractivity contribution in [1.29, 1.82) is 0 Å². The Morgan fingerprint density at radius 2 is 1.47 bits per heavy atom. The molecule has 1 saturated carbocycles. The van der Waals surface area contributed by atoms with E-state index in [1.54, 1.807) is 0 Å². The second-order valence-corrected chi connectivity index (χ2v) is 4.98. The van der Waals surface area contributed by atoms with Crippen molar-refractivity contribution in [3.63, 3.8) is 0 Å². The fourth-order valence-electron chi connectivity index (χ4n) is 2.48. The molecule has 0 amide bonds. The molecule has 0 spiro atoms. The molecule has 0 unspecified atom stereocenters. The van der Waals surface area contributed by atoms with Gasteiger partial charge in [-0.25, -0.2) is 0 Å². The highest BCUT2D eigenvalue weighted by Crippen LogP contribution is 2.31. The minimum Gasteiger partial charge on any atom is -0.0683 e. The van der Waals surface area contributed by atoms with E-state index in [1.807, 2.05) is 13.8 Å². The summed E-state index contributed by atoms with van der Waals surface area (Å²) in [6.07, 6.45) is 13.4. The summed E-state index contributed by atoms with van der Waals surface area (Å²) in [4.78, 5) is 0. The Morgan fingerprint density at radius 1 is 0.867 bits per heavy atom. The van der Waals surface area contributed by atoms with E-state index < -0.39 is 0 Å². The molecule has 15 heavy (non-hydrogen) atoms. The van der Waals surface area contributed by atoms with E-state index in [0.29, 0.717) is 0 Å². The first-order valence-electron chi connectivity index (χ1n) is 7.33. The van der Waals surface area contributed by atoms with E-state index >= 15 is 0 Å². The van der Waals surface area contributed by atoms with Gasteiger partial charge in [-0.05, 0) is 11.8 Å². The topological polar surface area (TPSA) is 0 Å². The van der Waals surface area contributed by atoms with Crippen molar-refractivity contribution in [2.45, 2.75) is 85.5 Å². The van der Waals surface area contributed by atoms with Gasteiger partial charge in [0.2, 0.25) is 0 Å². The minimum absolute atomic E-state index is 1.02. The third kappa shape index (κ3) is 7.88. The quantitative estimate of drug-likeness (QED) is 0.504. The highest BCUT2D eigenvalue weighted by atomic mass is 14.2. The van der Waals surface area contributed by atoms with Crippen molar-refractivity contribution in [2.24, 2.45) is 11.8 Å². The van der Waals surface area contributed by atoms with Gasteiger partial charge in [0, 0.05) is 0 Å². The Labute approximate surface area is 97.8 Å². The maximum atomic E-state index is 2.41. The largest absolute Gasteiger partial charge is 0.0683 e. The van der Waals surface area contributed by atoms with Gasteiger partial charge in [-0.1, -0.05) is 85.5 Å². The summed E-state index contributed by atoms with van der Waals surface area (Å²) in [6, 6.07) is 0. The van der Waals surface area contributed by atoms with Gasteiger partial charge in [0.05, 0.1) is 0 Å². The molecule has 92 valence electrons. The van der Waals surface area contributed by atoms with Crippen LogP contribution in [-0.2, 0) is 0 Å². The van der Waals surface area contributed by atoms with E-state index in [2.05, 4.69) is 13.8 Å². The van der Waals surface area contributed by atoms with E-state index in [-0.39, 0.29) is 0 Å². The molecule has 1 aliphatic carbocycles. The first-order chi connectivity index (χ1) is 7.33. The maximum Gasteiger partial charge on any atom is -0.0414 e. The van der Waals surface area contributed by atoms with Gasteiger partial charge in [0.1, 0.15) is 0 Å². The molecule has 0 atom stereocenters. The van der Waals surface area contributed by atoms with Gasteiger partial charge >= 0.3 is 0 Å². The average molecular weight is 212 g/mol. The number of hydrogen-bond acceptors (Lipinski definition) is 0. The lowest BCUT2D eigenvalue weighted by Crippen LogP contribution is -2.11. The molecule has 0 N–H and O–H groups in total. The van der Waals surface area contributed by atoms with Crippen molar-refractivity contribution in [1.82, 2.24) is 0 Å². The molecule has 1 rings (SSSR count). The van der Waals surface area contributed by atoms with Crippen molar-refractivity contribution in [3.05, 3.63) is 0 Å². The van der Waals surface area contributed by atoms with Gasteiger partial charge in [-0.3, -0.25) is 0 Å². The molecule has 0 bridgehead atoms. The molecule has 0 aliphatic heterocycles. The van der Waals surface area contributed by atoms with Gasteiger partial charge < -0.3 is 0 Å². The fourth-order valence-corrected chi connectivity index (χ4v) is 2.48. The molecule has 0 aromatic heterocycles. The zero-order valence-corrected chi connectivity index (χ0v) is 11.5. The van der Waals surface area contributed by atoms with Crippen molar-refractivity contribution >= 4 is 0 Å². The van der Waals surface area contributed by atoms with E-state index in [9.17, 15) is 0 Å². The summed E-state index contributed by atoms with van der Waals surface area (Å²) < 4.78 is 0. The highest BCUT2D eigenvalue weighted by molar-refractivity contribution is 4.69. The molecule has 0 nitrogen and oxygen atoms in total. The average Bonchev–Trinajstić information content (AvgIpc) is 2.30. The molecule has 1 aliphatic rings. The molecule has 0 aromatic carbocycles. The summed E-state index contributed by atoms with van der Waals surface area (Å²) in [5, 5.41) is 0. The third-order valence-corrected chi connectivity index (χ3v) is 3.60. The highest BCUT2D eigenvalue weighted by Gasteiger charge is 2.17. The van der Waals surface area contributed by atoms with E-state index in [1.165, 1.54) is 57.8 Å². The summed E-state index contributed by atoms with van der Waals surface area (Å²) in [5.41, 5.74) is 0. The molecule has 0 radical (unpaired) electrons. The summed E-state index contributed by atoms with van der Waals surface area (Å²) in [6.45, 7) is 8.70. The Balaban J connectivity index is 0.000000921. The van der Waals surface area contributed by atoms with Crippen molar-refractivity contribution in [3.8, 4) is 0 Å².